The Balaban J connectivity index is 1.87. The molecule has 1 fully saturated rings. The topological polar surface area (TPSA) is 59.0 Å². The average Bonchev–Trinajstić information content (AvgIpc) is 2.94. The van der Waals surface area contributed by atoms with Crippen molar-refractivity contribution in [1.82, 2.24) is 20.2 Å². The van der Waals surface area contributed by atoms with Crippen LogP contribution in [0.5, 0.6) is 0 Å². The largest absolute Gasteiger partial charge is 0.354 e. The van der Waals surface area contributed by atoms with Gasteiger partial charge in [0.2, 0.25) is 5.91 Å². The van der Waals surface area contributed by atoms with Gasteiger partial charge in [0.15, 0.2) is 0 Å². The van der Waals surface area contributed by atoms with Crippen LogP contribution in [0.25, 0.3) is 0 Å². The number of aryl methyl sites for hydroxylation is 1. The molecule has 0 aromatic carbocycles. The molecule has 20 heavy (non-hydrogen) atoms. The predicted molar refractivity (Wildman–Crippen MR) is 79.3 cm³/mol. The number of nitrogens with one attached hydrogen (secondary N) is 2. The highest BCUT2D eigenvalue weighted by Gasteiger charge is 2.18. The molecule has 0 bridgehead atoms. The van der Waals surface area contributed by atoms with Gasteiger partial charge in [-0.15, -0.1) is 0 Å². The quantitative estimate of drug-likeness (QED) is 0.837. The molecule has 1 saturated heterocycles. The van der Waals surface area contributed by atoms with E-state index in [9.17, 15) is 4.79 Å². The number of amides is 1. The van der Waals surface area contributed by atoms with Crippen LogP contribution >= 0.6 is 0 Å². The van der Waals surface area contributed by atoms with E-state index in [1.54, 1.807) is 0 Å². The third-order valence-corrected chi connectivity index (χ3v) is 4.01. The highest BCUT2D eigenvalue weighted by molar-refractivity contribution is 5.76. The van der Waals surface area contributed by atoms with Crippen LogP contribution in [0.15, 0.2) is 12.5 Å². The minimum Gasteiger partial charge on any atom is -0.354 e. The van der Waals surface area contributed by atoms with Gasteiger partial charge in [-0.2, -0.15) is 0 Å². The Bertz CT molecular complexity index is 423. The van der Waals surface area contributed by atoms with Gasteiger partial charge in [-0.25, -0.2) is 4.98 Å². The Morgan fingerprint density at radius 3 is 3.15 bits per heavy atom. The third-order valence-electron chi connectivity index (χ3n) is 4.01. The van der Waals surface area contributed by atoms with E-state index < -0.39 is 0 Å². The zero-order valence-corrected chi connectivity index (χ0v) is 12.6. The van der Waals surface area contributed by atoms with Crippen LogP contribution in [0.3, 0.4) is 0 Å². The van der Waals surface area contributed by atoms with Crippen molar-refractivity contribution in [1.29, 1.82) is 0 Å². The van der Waals surface area contributed by atoms with Crippen LogP contribution in [0, 0.1) is 0 Å². The first-order chi connectivity index (χ1) is 9.70. The fraction of sp³-hybridized carbons (Fsp3) is 0.733. The summed E-state index contributed by atoms with van der Waals surface area (Å²) in [6, 6.07) is 0.647. The molecule has 112 valence electrons. The molecule has 0 spiro atoms. The second kappa shape index (κ2) is 7.43. The molecular weight excluding hydrogens is 252 g/mol. The third kappa shape index (κ3) is 4.07. The molecule has 2 N–H and O–H groups in total. The maximum absolute atomic E-state index is 11.8. The summed E-state index contributed by atoms with van der Waals surface area (Å²) in [5.74, 6) is 0.121. The summed E-state index contributed by atoms with van der Waals surface area (Å²) in [6.45, 7) is 5.89. The van der Waals surface area contributed by atoms with Gasteiger partial charge in [-0.1, -0.05) is 13.3 Å². The van der Waals surface area contributed by atoms with Crippen LogP contribution in [-0.2, 0) is 11.3 Å². The summed E-state index contributed by atoms with van der Waals surface area (Å²) in [5, 5.41) is 6.53. The van der Waals surface area contributed by atoms with E-state index in [1.807, 2.05) is 19.4 Å². The van der Waals surface area contributed by atoms with Gasteiger partial charge in [-0.3, -0.25) is 4.79 Å². The van der Waals surface area contributed by atoms with Crippen LogP contribution < -0.4 is 10.6 Å². The Morgan fingerprint density at radius 1 is 1.60 bits per heavy atom. The molecule has 2 heterocycles. The van der Waals surface area contributed by atoms with E-state index in [0.717, 1.165) is 19.4 Å². The number of hydrogen-bond acceptors (Lipinski definition) is 3. The fourth-order valence-corrected chi connectivity index (χ4v) is 2.58. The van der Waals surface area contributed by atoms with Gasteiger partial charge in [-0.05, 0) is 32.7 Å². The number of carbonyl (C=O) groups excluding carboxylic acids is 1. The lowest BCUT2D eigenvalue weighted by Crippen LogP contribution is -2.33. The summed E-state index contributed by atoms with van der Waals surface area (Å²) in [7, 11) is 0. The molecule has 2 rings (SSSR count). The SMILES string of the molecule is CCC(C)NC(=O)CCn1cncc1C1CCCCN1. The highest BCUT2D eigenvalue weighted by atomic mass is 16.1. The lowest BCUT2D eigenvalue weighted by atomic mass is 10.0. The molecule has 0 radical (unpaired) electrons. The molecule has 1 aliphatic rings. The van der Waals surface area contributed by atoms with Crippen LogP contribution in [0.4, 0.5) is 0 Å². The van der Waals surface area contributed by atoms with Crippen molar-refractivity contribution >= 4 is 5.91 Å². The molecule has 1 aromatic heterocycles. The van der Waals surface area contributed by atoms with E-state index in [1.165, 1.54) is 18.5 Å². The van der Waals surface area contributed by atoms with Crippen molar-refractivity contribution in [2.75, 3.05) is 6.54 Å². The number of carbonyl (C=O) groups is 1. The minimum atomic E-state index is 0.121. The van der Waals surface area contributed by atoms with E-state index in [4.69, 9.17) is 0 Å². The van der Waals surface area contributed by atoms with Gasteiger partial charge in [0.1, 0.15) is 0 Å². The number of aromatic nitrogens is 2. The Kier molecular flexibility index (Phi) is 5.59. The monoisotopic (exact) mass is 278 g/mol. The zero-order valence-electron chi connectivity index (χ0n) is 12.6. The predicted octanol–water partition coefficient (Wildman–Crippen LogP) is 2.00. The number of hydrogen-bond donors (Lipinski definition) is 2. The first-order valence-corrected chi connectivity index (χ1v) is 7.73. The number of nitrogens with zero attached hydrogens (tertiary/aromatic N) is 2. The second-order valence-corrected chi connectivity index (χ2v) is 5.64. The second-order valence-electron chi connectivity index (χ2n) is 5.64. The van der Waals surface area contributed by atoms with E-state index >= 15 is 0 Å². The molecule has 1 aromatic rings. The van der Waals surface area contributed by atoms with Gasteiger partial charge >= 0.3 is 0 Å². The van der Waals surface area contributed by atoms with Gasteiger partial charge in [0.25, 0.3) is 0 Å². The molecule has 2 unspecified atom stereocenters. The normalized spacial score (nSPS) is 20.6. The number of piperidine rings is 1. The van der Waals surface area contributed by atoms with Crippen molar-refractivity contribution < 1.29 is 4.79 Å². The first-order valence-electron chi connectivity index (χ1n) is 7.73. The summed E-state index contributed by atoms with van der Waals surface area (Å²) in [5.41, 5.74) is 1.21. The Morgan fingerprint density at radius 2 is 2.45 bits per heavy atom. The van der Waals surface area contributed by atoms with E-state index in [-0.39, 0.29) is 11.9 Å². The van der Waals surface area contributed by atoms with Gasteiger partial charge in [0, 0.05) is 31.2 Å². The molecule has 1 amide bonds. The number of rotatable bonds is 6. The Hall–Kier alpha value is -1.36. The smallest absolute Gasteiger partial charge is 0.221 e. The van der Waals surface area contributed by atoms with E-state index in [2.05, 4.69) is 27.1 Å². The summed E-state index contributed by atoms with van der Waals surface area (Å²) < 4.78 is 2.11. The van der Waals surface area contributed by atoms with Crippen LogP contribution in [-0.4, -0.2) is 28.0 Å². The minimum absolute atomic E-state index is 0.121. The lowest BCUT2D eigenvalue weighted by Gasteiger charge is -2.24. The maximum atomic E-state index is 11.8. The molecule has 5 heteroatoms. The van der Waals surface area contributed by atoms with E-state index in [0.29, 0.717) is 19.0 Å². The first kappa shape index (κ1) is 15.0. The van der Waals surface area contributed by atoms with Crippen molar-refractivity contribution in [3.8, 4) is 0 Å². The van der Waals surface area contributed by atoms with Crippen molar-refractivity contribution in [3.63, 3.8) is 0 Å². The fourth-order valence-electron chi connectivity index (χ4n) is 2.58. The molecule has 5 nitrogen and oxygen atoms in total. The van der Waals surface area contributed by atoms with Crippen molar-refractivity contribution in [2.45, 2.75) is 64.6 Å². The molecule has 1 aliphatic heterocycles. The average molecular weight is 278 g/mol. The van der Waals surface area contributed by atoms with Crippen molar-refractivity contribution in [3.05, 3.63) is 18.2 Å². The molecule has 0 saturated carbocycles. The maximum Gasteiger partial charge on any atom is 0.221 e. The highest BCUT2D eigenvalue weighted by Crippen LogP contribution is 2.22. The molecule has 0 aliphatic carbocycles. The van der Waals surface area contributed by atoms with Crippen LogP contribution in [0.2, 0.25) is 0 Å². The number of imidazole rings is 1. The Labute approximate surface area is 121 Å². The lowest BCUT2D eigenvalue weighted by molar-refractivity contribution is -0.121. The van der Waals surface area contributed by atoms with Crippen LogP contribution in [0.1, 0.15) is 57.7 Å². The molecular formula is C15H26N4O. The van der Waals surface area contributed by atoms with Crippen molar-refractivity contribution in [2.24, 2.45) is 0 Å². The van der Waals surface area contributed by atoms with Gasteiger partial charge < -0.3 is 15.2 Å². The summed E-state index contributed by atoms with van der Waals surface area (Å²) >= 11 is 0. The molecule has 2 atom stereocenters. The summed E-state index contributed by atoms with van der Waals surface area (Å²) in [6.07, 6.45) is 8.91. The summed E-state index contributed by atoms with van der Waals surface area (Å²) in [4.78, 5) is 16.1. The zero-order chi connectivity index (χ0) is 14.4. The van der Waals surface area contributed by atoms with Gasteiger partial charge in [0.05, 0.1) is 12.0 Å². The standard InChI is InChI=1S/C15H26N4O/c1-3-12(2)18-15(20)7-9-19-11-16-10-14(19)13-6-4-5-8-17-13/h10-13,17H,3-9H2,1-2H3,(H,18,20).